The number of aromatic amines is 1. The Morgan fingerprint density at radius 2 is 2.80 bits per heavy atom. The maximum atomic E-state index is 10.6. The molecule has 0 aromatic carbocycles. The number of nitrogens with zero attached hydrogens (tertiary/aromatic N) is 1. The monoisotopic (exact) mass is 142 g/mol. The predicted octanol–water partition coefficient (Wildman–Crippen LogP) is -0.868. The van der Waals surface area contributed by atoms with E-state index in [0.29, 0.717) is 0 Å². The number of hydrogen-bond donors (Lipinski definition) is 3. The minimum absolute atomic E-state index is 0.215. The van der Waals surface area contributed by atoms with Crippen molar-refractivity contribution in [3.63, 3.8) is 0 Å². The molecule has 1 heterocycles. The Kier molecular flexibility index (Phi) is 1.61. The summed E-state index contributed by atoms with van der Waals surface area (Å²) in [5.74, 6) is 0.215. The van der Waals surface area contributed by atoms with Gasteiger partial charge < -0.3 is 10.4 Å². The van der Waals surface area contributed by atoms with Gasteiger partial charge in [-0.3, -0.25) is 4.98 Å². The first-order valence-electron chi connectivity index (χ1n) is 3.11. The molecule has 1 rings (SSSR count). The Balaban J connectivity index is 2.96. The lowest BCUT2D eigenvalue weighted by Gasteiger charge is -1.98. The first-order chi connectivity index (χ1) is 5.24. The molecule has 0 radical (unpaired) electrons. The lowest BCUT2D eigenvalue weighted by Crippen LogP contribution is -2.12. The van der Waals surface area contributed by atoms with E-state index in [0.717, 1.165) is 5.31 Å². The molecule has 0 unspecified atom stereocenters. The van der Waals surface area contributed by atoms with Gasteiger partial charge in [-0.2, -0.15) is 0 Å². The van der Waals surface area contributed by atoms with Crippen LogP contribution >= 0.6 is 0 Å². The van der Waals surface area contributed by atoms with Crippen LogP contribution in [0.15, 0.2) is 17.1 Å². The minimum atomic E-state index is -0.534. The molecule has 5 nitrogen and oxygen atoms in total. The number of anilines is 1. The zero-order valence-electron chi connectivity index (χ0n) is 6.11. The predicted molar refractivity (Wildman–Crippen MR) is 35.6 cm³/mol. The second kappa shape index (κ2) is 2.98. The topological polar surface area (TPSA) is 78.0 Å². The quantitative estimate of drug-likeness (QED) is 0.469. The van der Waals surface area contributed by atoms with Gasteiger partial charge in [0.2, 0.25) is 0 Å². The van der Waals surface area contributed by atoms with Crippen molar-refractivity contribution in [1.82, 2.24) is 9.97 Å². The summed E-state index contributed by atoms with van der Waals surface area (Å²) in [6.45, 7) is -0.472. The van der Waals surface area contributed by atoms with Gasteiger partial charge in [-0.15, -0.1) is 0 Å². The minimum Gasteiger partial charge on any atom is -0.377 e. The molecule has 0 aliphatic carbocycles. The van der Waals surface area contributed by atoms with Crippen LogP contribution < -0.4 is 11.0 Å². The third-order valence-corrected chi connectivity index (χ3v) is 0.900. The van der Waals surface area contributed by atoms with Gasteiger partial charge in [-0.25, -0.2) is 9.78 Å². The Hall–Kier alpha value is -1.36. The fraction of sp³-hybridized carbons (Fsp3) is 0.200. The summed E-state index contributed by atoms with van der Waals surface area (Å²) >= 11 is 0. The second-order valence-corrected chi connectivity index (χ2v) is 1.56. The number of aliphatic hydroxyl groups is 1. The smallest absolute Gasteiger partial charge is 0.346 e. The van der Waals surface area contributed by atoms with Crippen molar-refractivity contribution in [2.24, 2.45) is 0 Å². The van der Waals surface area contributed by atoms with E-state index in [1.807, 2.05) is 0 Å². The highest BCUT2D eigenvalue weighted by Crippen LogP contribution is 1.92. The van der Waals surface area contributed by atoms with Crippen molar-refractivity contribution in [2.45, 2.75) is 0 Å². The molecular weight excluding hydrogens is 134 g/mol. The molecule has 0 saturated carbocycles. The number of H-pyrrole nitrogens is 1. The van der Waals surface area contributed by atoms with E-state index in [9.17, 15) is 4.79 Å². The van der Waals surface area contributed by atoms with E-state index in [1.165, 1.54) is 12.3 Å². The Labute approximate surface area is 58.2 Å². The summed E-state index contributed by atoms with van der Waals surface area (Å²) in [6, 6.07) is 1.42. The van der Waals surface area contributed by atoms with Gasteiger partial charge in [0.25, 0.3) is 0 Å². The van der Waals surface area contributed by atoms with Gasteiger partial charge in [0, 0.05) is 6.20 Å². The standard InChI is InChI=1S/C5H7N3O2/c9-3-7-4-1-2-6-5(10)8-4/h1-2,9H,3H2,(H2,6,7,8,10)/i/hD. The van der Waals surface area contributed by atoms with Crippen LogP contribution in [0.25, 0.3) is 0 Å². The molecule has 54 valence electrons. The molecule has 1 aromatic rings. The normalized spacial score (nSPS) is 10.7. The highest BCUT2D eigenvalue weighted by molar-refractivity contribution is 5.30. The van der Waals surface area contributed by atoms with Crippen molar-refractivity contribution in [3.05, 3.63) is 22.7 Å². The first-order valence-corrected chi connectivity index (χ1v) is 2.66. The average molecular weight is 142 g/mol. The van der Waals surface area contributed by atoms with Crippen LogP contribution in [0.5, 0.6) is 0 Å². The number of rotatable bonds is 2. The fourth-order valence-corrected chi connectivity index (χ4v) is 0.527. The van der Waals surface area contributed by atoms with E-state index in [4.69, 9.17) is 6.52 Å². The summed E-state index contributed by atoms with van der Waals surface area (Å²) < 4.78 is 7.04. The lowest BCUT2D eigenvalue weighted by atomic mass is 10.6. The van der Waals surface area contributed by atoms with Gasteiger partial charge >= 0.3 is 5.69 Å². The van der Waals surface area contributed by atoms with Crippen molar-refractivity contribution in [2.75, 3.05) is 12.0 Å². The molecule has 0 aliphatic rings. The SMILES string of the molecule is [2H]N(CO)c1ccnc(=O)[nH]1. The van der Waals surface area contributed by atoms with Crippen LogP contribution in [0.1, 0.15) is 0 Å². The Bertz CT molecular complexity index is 287. The van der Waals surface area contributed by atoms with Crippen molar-refractivity contribution in [1.29, 1.82) is 0 Å². The molecule has 0 aliphatic heterocycles. The summed E-state index contributed by atoms with van der Waals surface area (Å²) in [5.41, 5.74) is -0.534. The average Bonchev–Trinajstić information content (AvgIpc) is 2.03. The Morgan fingerprint density at radius 1 is 2.00 bits per heavy atom. The lowest BCUT2D eigenvalue weighted by molar-refractivity contribution is 0.325. The molecule has 5 heteroatoms. The van der Waals surface area contributed by atoms with Crippen LogP contribution in [0, 0.1) is 0 Å². The van der Waals surface area contributed by atoms with Crippen LogP contribution in [-0.4, -0.2) is 21.8 Å². The van der Waals surface area contributed by atoms with Crippen molar-refractivity contribution < 1.29 is 6.52 Å². The molecule has 1 aromatic heterocycles. The second-order valence-electron chi connectivity index (χ2n) is 1.56. The van der Waals surface area contributed by atoms with Gasteiger partial charge in [0.15, 0.2) is 1.41 Å². The molecule has 10 heavy (non-hydrogen) atoms. The van der Waals surface area contributed by atoms with Crippen LogP contribution in [0.2, 0.25) is 1.41 Å². The van der Waals surface area contributed by atoms with E-state index in [2.05, 4.69) is 9.97 Å². The van der Waals surface area contributed by atoms with E-state index >= 15 is 0 Å². The van der Waals surface area contributed by atoms with E-state index < -0.39 is 12.4 Å². The summed E-state index contributed by atoms with van der Waals surface area (Å²) in [6.07, 6.45) is 1.27. The van der Waals surface area contributed by atoms with Crippen molar-refractivity contribution >= 4 is 5.82 Å². The molecule has 0 spiro atoms. The van der Waals surface area contributed by atoms with Crippen LogP contribution in [-0.2, 0) is 0 Å². The Morgan fingerprint density at radius 3 is 3.40 bits per heavy atom. The molecule has 0 bridgehead atoms. The van der Waals surface area contributed by atoms with Gasteiger partial charge in [-0.05, 0) is 6.07 Å². The number of aliphatic hydroxyl groups excluding tert-OH is 1. The first kappa shape index (κ1) is 5.43. The van der Waals surface area contributed by atoms with E-state index in [1.54, 1.807) is 0 Å². The number of nitrogens with one attached hydrogen (secondary N) is 2. The van der Waals surface area contributed by atoms with Gasteiger partial charge in [-0.1, -0.05) is 0 Å². The zero-order valence-corrected chi connectivity index (χ0v) is 5.11. The van der Waals surface area contributed by atoms with Crippen LogP contribution in [0.4, 0.5) is 5.82 Å². The maximum absolute atomic E-state index is 10.6. The molecule has 0 fully saturated rings. The number of hydrogen-bond acceptors (Lipinski definition) is 4. The summed E-state index contributed by atoms with van der Waals surface area (Å²) in [4.78, 5) is 16.2. The summed E-state index contributed by atoms with van der Waals surface area (Å²) in [7, 11) is 0. The molecule has 0 saturated heterocycles. The van der Waals surface area contributed by atoms with Crippen molar-refractivity contribution in [3.8, 4) is 0 Å². The largest absolute Gasteiger partial charge is 0.377 e. The maximum Gasteiger partial charge on any atom is 0.346 e. The highest BCUT2D eigenvalue weighted by Gasteiger charge is 1.87. The fourth-order valence-electron chi connectivity index (χ4n) is 0.527. The molecular formula is C5H7N3O2. The zero-order chi connectivity index (χ0) is 8.27. The van der Waals surface area contributed by atoms with Gasteiger partial charge in [0.05, 0.1) is 0 Å². The third-order valence-electron chi connectivity index (χ3n) is 0.900. The van der Waals surface area contributed by atoms with Crippen LogP contribution in [0.3, 0.4) is 0 Å². The van der Waals surface area contributed by atoms with E-state index in [-0.39, 0.29) is 5.82 Å². The molecule has 0 atom stereocenters. The highest BCUT2D eigenvalue weighted by atomic mass is 16.3. The third kappa shape index (κ3) is 1.56. The molecule has 0 amide bonds. The van der Waals surface area contributed by atoms with Gasteiger partial charge in [0.1, 0.15) is 12.5 Å². The summed E-state index contributed by atoms with van der Waals surface area (Å²) in [5, 5.41) is 9.21. The molecule has 3 N–H and O–H groups in total. The number of aromatic nitrogens is 2.